The van der Waals surface area contributed by atoms with Gasteiger partial charge in [0.25, 0.3) is 5.69 Å². The summed E-state index contributed by atoms with van der Waals surface area (Å²) in [5, 5.41) is 19.8. The number of hydrogen-bond acceptors (Lipinski definition) is 7. The molecule has 2 aromatic carbocycles. The van der Waals surface area contributed by atoms with Gasteiger partial charge >= 0.3 is 5.97 Å². The summed E-state index contributed by atoms with van der Waals surface area (Å²) in [6.07, 6.45) is -0.194. The van der Waals surface area contributed by atoms with E-state index in [-0.39, 0.29) is 23.4 Å². The SMILES string of the molecule is COc1ccc(N2C(=O)C[C@H](Sc3ccccc3C(=O)O)C2=O)c([N+](=O)[O-])c1. The van der Waals surface area contributed by atoms with Gasteiger partial charge in [-0.3, -0.25) is 19.7 Å². The fourth-order valence-electron chi connectivity index (χ4n) is 2.81. The van der Waals surface area contributed by atoms with Crippen LogP contribution in [0.25, 0.3) is 0 Å². The van der Waals surface area contributed by atoms with Crippen molar-refractivity contribution in [1.82, 2.24) is 0 Å². The lowest BCUT2D eigenvalue weighted by Crippen LogP contribution is -2.31. The number of hydrogen-bond donors (Lipinski definition) is 1. The lowest BCUT2D eigenvalue weighted by atomic mass is 10.2. The first-order valence-electron chi connectivity index (χ1n) is 8.01. The number of anilines is 1. The Bertz CT molecular complexity index is 992. The maximum atomic E-state index is 12.8. The van der Waals surface area contributed by atoms with Crippen LogP contribution >= 0.6 is 11.8 Å². The molecule has 3 rings (SSSR count). The molecule has 1 saturated heterocycles. The van der Waals surface area contributed by atoms with Gasteiger partial charge in [0.2, 0.25) is 11.8 Å². The van der Waals surface area contributed by atoms with Gasteiger partial charge in [-0.05, 0) is 24.3 Å². The number of nitrogens with zero attached hydrogens (tertiary/aromatic N) is 2. The molecule has 1 aliphatic rings. The summed E-state index contributed by atoms with van der Waals surface area (Å²) in [4.78, 5) is 48.4. The summed E-state index contributed by atoms with van der Waals surface area (Å²) in [5.41, 5.74) is -0.560. The Morgan fingerprint density at radius 3 is 2.64 bits per heavy atom. The minimum atomic E-state index is -1.15. The Labute approximate surface area is 163 Å². The lowest BCUT2D eigenvalue weighted by Gasteiger charge is -2.16. The van der Waals surface area contributed by atoms with Crippen LogP contribution in [0.5, 0.6) is 5.75 Å². The van der Waals surface area contributed by atoms with Crippen LogP contribution in [0, 0.1) is 10.1 Å². The largest absolute Gasteiger partial charge is 0.496 e. The molecule has 0 spiro atoms. The molecule has 0 aliphatic carbocycles. The van der Waals surface area contributed by atoms with E-state index in [1.54, 1.807) is 18.2 Å². The molecule has 2 aromatic rings. The standard InChI is InChI=1S/C18H14N2O7S/c1-27-10-6-7-12(13(8-10)20(25)26)19-16(21)9-15(17(19)22)28-14-5-3-2-4-11(14)18(23)24/h2-8,15H,9H2,1H3,(H,23,24)/t15-/m0/s1. The molecule has 0 saturated carbocycles. The summed E-state index contributed by atoms with van der Waals surface area (Å²) >= 11 is 0.951. The second-order valence-corrected chi connectivity index (χ2v) is 7.04. The number of nitro benzene ring substituents is 1. The Balaban J connectivity index is 1.93. The molecule has 144 valence electrons. The fraction of sp³-hybridized carbons (Fsp3) is 0.167. The quantitative estimate of drug-likeness (QED) is 0.444. The molecule has 10 heteroatoms. The Morgan fingerprint density at radius 2 is 2.00 bits per heavy atom. The number of aromatic carboxylic acids is 1. The fourth-order valence-corrected chi connectivity index (χ4v) is 3.99. The van der Waals surface area contributed by atoms with Crippen molar-refractivity contribution in [1.29, 1.82) is 0 Å². The van der Waals surface area contributed by atoms with Crippen LogP contribution < -0.4 is 9.64 Å². The van der Waals surface area contributed by atoms with E-state index in [0.717, 1.165) is 22.7 Å². The topological polar surface area (TPSA) is 127 Å². The average Bonchev–Trinajstić information content (AvgIpc) is 2.94. The lowest BCUT2D eigenvalue weighted by molar-refractivity contribution is -0.384. The maximum absolute atomic E-state index is 12.8. The van der Waals surface area contributed by atoms with Gasteiger partial charge in [0.05, 0.1) is 28.9 Å². The third-order valence-corrected chi connectivity index (χ3v) is 5.37. The minimum Gasteiger partial charge on any atom is -0.496 e. The molecule has 1 atom stereocenters. The number of ether oxygens (including phenoxy) is 1. The van der Waals surface area contributed by atoms with Crippen LogP contribution in [-0.4, -0.2) is 40.2 Å². The predicted octanol–water partition coefficient (Wildman–Crippen LogP) is 2.73. The van der Waals surface area contributed by atoms with E-state index in [1.165, 1.54) is 25.3 Å². The minimum absolute atomic E-state index is 0.0154. The van der Waals surface area contributed by atoms with E-state index < -0.39 is 33.6 Å². The van der Waals surface area contributed by atoms with Gasteiger partial charge in [0.1, 0.15) is 11.4 Å². The molecule has 0 bridgehead atoms. The number of benzene rings is 2. The molecule has 28 heavy (non-hydrogen) atoms. The smallest absolute Gasteiger partial charge is 0.336 e. The molecule has 0 aromatic heterocycles. The van der Waals surface area contributed by atoms with Crippen molar-refractivity contribution < 1.29 is 29.2 Å². The van der Waals surface area contributed by atoms with Crippen molar-refractivity contribution in [3.63, 3.8) is 0 Å². The number of thioether (sulfide) groups is 1. The van der Waals surface area contributed by atoms with E-state index in [0.29, 0.717) is 4.90 Å². The number of carbonyl (C=O) groups is 3. The maximum Gasteiger partial charge on any atom is 0.336 e. The third-order valence-electron chi connectivity index (χ3n) is 4.11. The first-order valence-corrected chi connectivity index (χ1v) is 8.89. The second-order valence-electron chi connectivity index (χ2n) is 5.79. The van der Waals surface area contributed by atoms with E-state index in [1.807, 2.05) is 0 Å². The summed E-state index contributed by atoms with van der Waals surface area (Å²) in [6.45, 7) is 0. The summed E-state index contributed by atoms with van der Waals surface area (Å²) in [7, 11) is 1.34. The van der Waals surface area contributed by atoms with Gasteiger partial charge < -0.3 is 9.84 Å². The molecule has 0 radical (unpaired) electrons. The Hall–Kier alpha value is -3.40. The highest BCUT2D eigenvalue weighted by Gasteiger charge is 2.43. The first kappa shape index (κ1) is 19.4. The third kappa shape index (κ3) is 3.54. The van der Waals surface area contributed by atoms with E-state index in [2.05, 4.69) is 0 Å². The number of rotatable bonds is 6. The zero-order valence-corrected chi connectivity index (χ0v) is 15.3. The van der Waals surface area contributed by atoms with Crippen LogP contribution in [0.1, 0.15) is 16.8 Å². The van der Waals surface area contributed by atoms with Crippen LogP contribution in [-0.2, 0) is 9.59 Å². The number of imide groups is 1. The highest BCUT2D eigenvalue weighted by molar-refractivity contribution is 8.00. The van der Waals surface area contributed by atoms with Gasteiger partial charge in [-0.1, -0.05) is 12.1 Å². The van der Waals surface area contributed by atoms with Gasteiger partial charge in [0.15, 0.2) is 0 Å². The summed E-state index contributed by atoms with van der Waals surface area (Å²) in [6, 6.07) is 9.97. The number of carbonyl (C=O) groups excluding carboxylic acids is 2. The van der Waals surface area contributed by atoms with Crippen LogP contribution in [0.2, 0.25) is 0 Å². The molecule has 1 N–H and O–H groups in total. The number of carboxylic acid groups (broad SMARTS) is 1. The van der Waals surface area contributed by atoms with Gasteiger partial charge in [-0.2, -0.15) is 0 Å². The van der Waals surface area contributed by atoms with Gasteiger partial charge in [-0.15, -0.1) is 11.8 Å². The molecular weight excluding hydrogens is 388 g/mol. The first-order chi connectivity index (χ1) is 13.3. The molecule has 1 heterocycles. The van der Waals surface area contributed by atoms with Crippen molar-refractivity contribution in [3.05, 3.63) is 58.1 Å². The van der Waals surface area contributed by atoms with Crippen molar-refractivity contribution in [2.24, 2.45) is 0 Å². The van der Waals surface area contributed by atoms with E-state index in [9.17, 15) is 29.6 Å². The van der Waals surface area contributed by atoms with Crippen molar-refractivity contribution in [2.45, 2.75) is 16.6 Å². The highest BCUT2D eigenvalue weighted by atomic mass is 32.2. The van der Waals surface area contributed by atoms with E-state index in [4.69, 9.17) is 4.74 Å². The van der Waals surface area contributed by atoms with Crippen LogP contribution in [0.15, 0.2) is 47.4 Å². The van der Waals surface area contributed by atoms with Gasteiger partial charge in [0, 0.05) is 11.3 Å². The zero-order chi connectivity index (χ0) is 20.4. The molecular formula is C18H14N2O7S. The van der Waals surface area contributed by atoms with Gasteiger partial charge in [-0.25, -0.2) is 9.69 Å². The molecule has 0 unspecified atom stereocenters. The molecule has 9 nitrogen and oxygen atoms in total. The zero-order valence-electron chi connectivity index (χ0n) is 14.5. The van der Waals surface area contributed by atoms with E-state index >= 15 is 0 Å². The van der Waals surface area contributed by atoms with Crippen LogP contribution in [0.3, 0.4) is 0 Å². The number of amides is 2. The summed E-state index contributed by atoms with van der Waals surface area (Å²) < 4.78 is 4.96. The van der Waals surface area contributed by atoms with Crippen molar-refractivity contribution in [3.8, 4) is 5.75 Å². The monoisotopic (exact) mass is 402 g/mol. The average molecular weight is 402 g/mol. The second kappa shape index (κ2) is 7.69. The number of nitro groups is 1. The van der Waals surface area contributed by atoms with Crippen LogP contribution in [0.4, 0.5) is 11.4 Å². The number of carboxylic acids is 1. The molecule has 2 amide bonds. The normalized spacial score (nSPS) is 16.3. The van der Waals surface area contributed by atoms with Crippen molar-refractivity contribution >= 4 is 40.9 Å². The summed E-state index contributed by atoms with van der Waals surface area (Å²) in [5.74, 6) is -2.16. The Morgan fingerprint density at radius 1 is 1.29 bits per heavy atom. The molecule has 1 fully saturated rings. The highest BCUT2D eigenvalue weighted by Crippen LogP contribution is 2.39. The predicted molar refractivity (Wildman–Crippen MR) is 99.8 cm³/mol. The Kier molecular flexibility index (Phi) is 5.32. The van der Waals surface area contributed by atoms with Crippen molar-refractivity contribution in [2.75, 3.05) is 12.0 Å². The molecule has 1 aliphatic heterocycles. The number of methoxy groups -OCH3 is 1.